The Hall–Kier alpha value is -0.543. The summed E-state index contributed by atoms with van der Waals surface area (Å²) in [5, 5.41) is 0.770. The molecular weight excluding hydrogens is 268 g/mol. The summed E-state index contributed by atoms with van der Waals surface area (Å²) in [5.74, 6) is 1.01. The molecular formula is C12H17BrOSi. The summed E-state index contributed by atoms with van der Waals surface area (Å²) in [4.78, 5) is 0. The number of allylic oxidation sites excluding steroid dienone is 1. The Bertz CT molecular complexity index is 327. The van der Waals surface area contributed by atoms with Crippen LogP contribution in [0.15, 0.2) is 36.1 Å². The number of hydrogen-bond donors (Lipinski definition) is 0. The Morgan fingerprint density at radius 3 is 2.33 bits per heavy atom. The minimum absolute atomic E-state index is 0.770. The predicted octanol–water partition coefficient (Wildman–Crippen LogP) is 4.27. The van der Waals surface area contributed by atoms with E-state index in [0.717, 1.165) is 11.1 Å². The molecule has 0 aliphatic heterocycles. The molecule has 0 radical (unpaired) electrons. The maximum Gasteiger partial charge on any atom is 0.241 e. The fraction of sp³-hybridized carbons (Fsp3) is 0.333. The second kappa shape index (κ2) is 5.52. The maximum absolute atomic E-state index is 5.94. The van der Waals surface area contributed by atoms with Crippen LogP contribution >= 0.6 is 15.9 Å². The molecule has 1 rings (SSSR count). The van der Waals surface area contributed by atoms with Gasteiger partial charge in [0.2, 0.25) is 8.32 Å². The van der Waals surface area contributed by atoms with E-state index in [4.69, 9.17) is 4.43 Å². The van der Waals surface area contributed by atoms with E-state index in [-0.39, 0.29) is 0 Å². The van der Waals surface area contributed by atoms with Crippen LogP contribution in [0.3, 0.4) is 0 Å². The Balaban J connectivity index is 2.79. The zero-order valence-corrected chi connectivity index (χ0v) is 12.0. The van der Waals surface area contributed by atoms with E-state index in [0.29, 0.717) is 0 Å². The second-order valence-electron chi connectivity index (χ2n) is 4.37. The lowest BCUT2D eigenvalue weighted by Gasteiger charge is -2.20. The van der Waals surface area contributed by atoms with E-state index >= 15 is 0 Å². The van der Waals surface area contributed by atoms with Crippen LogP contribution in [0.5, 0.6) is 0 Å². The Kier molecular flexibility index (Phi) is 4.61. The first-order valence-electron chi connectivity index (χ1n) is 5.02. The molecule has 0 fully saturated rings. The van der Waals surface area contributed by atoms with E-state index in [2.05, 4.69) is 53.8 Å². The molecule has 1 aromatic carbocycles. The molecule has 0 unspecified atom stereocenters. The third-order valence-corrected chi connectivity index (χ3v) is 3.12. The molecule has 0 N–H and O–H groups in total. The molecule has 15 heavy (non-hydrogen) atoms. The summed E-state index contributed by atoms with van der Waals surface area (Å²) >= 11 is 3.45. The van der Waals surface area contributed by atoms with E-state index in [1.807, 2.05) is 18.2 Å². The van der Waals surface area contributed by atoms with E-state index in [1.54, 1.807) is 0 Å². The summed E-state index contributed by atoms with van der Waals surface area (Å²) in [5.41, 5.74) is 1.19. The minimum atomic E-state index is -1.49. The van der Waals surface area contributed by atoms with Crippen LogP contribution in [-0.4, -0.2) is 13.6 Å². The molecule has 3 heteroatoms. The van der Waals surface area contributed by atoms with Gasteiger partial charge in [-0.05, 0) is 31.3 Å². The van der Waals surface area contributed by atoms with Crippen molar-refractivity contribution in [3.63, 3.8) is 0 Å². The number of hydrogen-bond acceptors (Lipinski definition) is 1. The van der Waals surface area contributed by atoms with Gasteiger partial charge in [0.1, 0.15) is 0 Å². The highest BCUT2D eigenvalue weighted by Gasteiger charge is 2.16. The fourth-order valence-corrected chi connectivity index (χ4v) is 2.63. The quantitative estimate of drug-likeness (QED) is 0.456. The van der Waals surface area contributed by atoms with Crippen LogP contribution in [0.25, 0.3) is 6.08 Å². The van der Waals surface area contributed by atoms with E-state index in [9.17, 15) is 0 Å². The van der Waals surface area contributed by atoms with Crippen molar-refractivity contribution in [1.82, 2.24) is 0 Å². The average molecular weight is 285 g/mol. The summed E-state index contributed by atoms with van der Waals surface area (Å²) in [6.07, 6.45) is 2.09. The molecule has 0 saturated heterocycles. The Labute approximate surface area is 101 Å². The van der Waals surface area contributed by atoms with Gasteiger partial charge in [-0.15, -0.1) is 0 Å². The van der Waals surface area contributed by atoms with Crippen molar-refractivity contribution in [3.8, 4) is 0 Å². The molecule has 0 aromatic heterocycles. The van der Waals surface area contributed by atoms with Gasteiger partial charge in [0, 0.05) is 0 Å². The summed E-state index contributed by atoms with van der Waals surface area (Å²) in [7, 11) is -1.49. The Morgan fingerprint density at radius 1 is 1.27 bits per heavy atom. The van der Waals surface area contributed by atoms with Crippen molar-refractivity contribution in [2.45, 2.75) is 19.6 Å². The van der Waals surface area contributed by atoms with Crippen LogP contribution in [-0.2, 0) is 4.43 Å². The third kappa shape index (κ3) is 5.19. The average Bonchev–Trinajstić information content (AvgIpc) is 2.16. The highest BCUT2D eigenvalue weighted by Crippen LogP contribution is 2.15. The molecule has 0 aliphatic carbocycles. The number of halogens is 1. The largest absolute Gasteiger partial charge is 0.547 e. The lowest BCUT2D eigenvalue weighted by molar-refractivity contribution is 0.433. The highest BCUT2D eigenvalue weighted by molar-refractivity contribution is 9.09. The maximum atomic E-state index is 5.94. The van der Waals surface area contributed by atoms with Crippen molar-refractivity contribution in [2.75, 3.05) is 5.33 Å². The normalized spacial score (nSPS) is 12.7. The van der Waals surface area contributed by atoms with Gasteiger partial charge in [-0.2, -0.15) is 0 Å². The minimum Gasteiger partial charge on any atom is -0.547 e. The molecule has 1 aromatic rings. The van der Waals surface area contributed by atoms with Crippen molar-refractivity contribution in [2.24, 2.45) is 0 Å². The molecule has 82 valence electrons. The van der Waals surface area contributed by atoms with Gasteiger partial charge in [0.05, 0.1) is 11.1 Å². The van der Waals surface area contributed by atoms with Gasteiger partial charge in [-0.1, -0.05) is 46.3 Å². The lowest BCUT2D eigenvalue weighted by Crippen LogP contribution is -2.25. The van der Waals surface area contributed by atoms with Crippen molar-refractivity contribution >= 4 is 30.3 Å². The van der Waals surface area contributed by atoms with Gasteiger partial charge in [0.15, 0.2) is 0 Å². The number of benzene rings is 1. The summed E-state index contributed by atoms with van der Waals surface area (Å²) in [6, 6.07) is 10.2. The van der Waals surface area contributed by atoms with Crippen LogP contribution in [0.4, 0.5) is 0 Å². The first-order chi connectivity index (χ1) is 7.01. The number of rotatable bonds is 4. The molecule has 0 saturated carbocycles. The molecule has 0 spiro atoms. The van der Waals surface area contributed by atoms with Crippen molar-refractivity contribution in [3.05, 3.63) is 41.7 Å². The summed E-state index contributed by atoms with van der Waals surface area (Å²) < 4.78 is 5.94. The van der Waals surface area contributed by atoms with Gasteiger partial charge < -0.3 is 4.43 Å². The van der Waals surface area contributed by atoms with Gasteiger partial charge in [-0.3, -0.25) is 0 Å². The van der Waals surface area contributed by atoms with Gasteiger partial charge in [0.25, 0.3) is 0 Å². The second-order valence-corrected chi connectivity index (χ2v) is 9.36. The molecule has 0 aliphatic rings. The van der Waals surface area contributed by atoms with E-state index < -0.39 is 8.32 Å². The fourth-order valence-electron chi connectivity index (χ4n) is 1.22. The zero-order chi connectivity index (χ0) is 11.3. The third-order valence-electron chi connectivity index (χ3n) is 1.70. The topological polar surface area (TPSA) is 9.23 Å². The smallest absolute Gasteiger partial charge is 0.241 e. The zero-order valence-electron chi connectivity index (χ0n) is 9.46. The molecule has 0 amide bonds. The predicted molar refractivity (Wildman–Crippen MR) is 72.6 cm³/mol. The standard InChI is InChI=1S/C12H17BrOSi/c1-15(2,3)14-12(10-13)9-11-7-5-4-6-8-11/h4-9H,10H2,1-3H3/b12-9-. The van der Waals surface area contributed by atoms with Crippen LogP contribution in [0.2, 0.25) is 19.6 Å². The summed E-state index contributed by atoms with van der Waals surface area (Å²) in [6.45, 7) is 6.57. The first kappa shape index (κ1) is 12.5. The monoisotopic (exact) mass is 284 g/mol. The van der Waals surface area contributed by atoms with Crippen molar-refractivity contribution < 1.29 is 4.43 Å². The van der Waals surface area contributed by atoms with Gasteiger partial charge >= 0.3 is 0 Å². The van der Waals surface area contributed by atoms with Crippen LogP contribution < -0.4 is 0 Å². The van der Waals surface area contributed by atoms with Crippen LogP contribution in [0, 0.1) is 0 Å². The molecule has 0 atom stereocenters. The highest BCUT2D eigenvalue weighted by atomic mass is 79.9. The molecule has 0 heterocycles. The number of alkyl halides is 1. The van der Waals surface area contributed by atoms with Crippen LogP contribution in [0.1, 0.15) is 5.56 Å². The Morgan fingerprint density at radius 2 is 1.87 bits per heavy atom. The first-order valence-corrected chi connectivity index (χ1v) is 9.55. The molecule has 0 bridgehead atoms. The van der Waals surface area contributed by atoms with Crippen molar-refractivity contribution in [1.29, 1.82) is 0 Å². The van der Waals surface area contributed by atoms with E-state index in [1.165, 1.54) is 5.56 Å². The molecule has 1 nitrogen and oxygen atoms in total. The van der Waals surface area contributed by atoms with Gasteiger partial charge in [-0.25, -0.2) is 0 Å². The SMILES string of the molecule is C[Si](C)(C)O/C(=C\c1ccccc1)CBr. The lowest BCUT2D eigenvalue weighted by atomic mass is 10.2.